The van der Waals surface area contributed by atoms with Gasteiger partial charge < -0.3 is 14.5 Å². The smallest absolute Gasteiger partial charge is 0.0946 e. The zero-order valence-electron chi connectivity index (χ0n) is 8.94. The number of aryl methyl sites for hydroxylation is 1. The van der Waals surface area contributed by atoms with Gasteiger partial charge in [-0.05, 0) is 0 Å². The van der Waals surface area contributed by atoms with Gasteiger partial charge in [0.1, 0.15) is 0 Å². The molecule has 1 aromatic rings. The molecule has 1 rings (SSSR count). The highest BCUT2D eigenvalue weighted by atomic mass is 28.3. The molecule has 1 aromatic heterocycles. The molecule has 4 nitrogen and oxygen atoms in total. The minimum Gasteiger partial charge on any atom is -0.550 e. The summed E-state index contributed by atoms with van der Waals surface area (Å²) >= 11 is 0. The van der Waals surface area contributed by atoms with Crippen LogP contribution in [0.1, 0.15) is 11.2 Å². The molecule has 0 fully saturated rings. The molecule has 0 amide bonds. The summed E-state index contributed by atoms with van der Waals surface area (Å²) in [5.74, 6) is -1.01. The lowest BCUT2D eigenvalue weighted by atomic mass is 10.3. The van der Waals surface area contributed by atoms with Gasteiger partial charge in [0.2, 0.25) is 0 Å². The second-order valence-electron chi connectivity index (χ2n) is 4.58. The number of carboxylic acid groups (broad SMARTS) is 1. The zero-order chi connectivity index (χ0) is 10.9. The molecule has 5 heteroatoms. The Hall–Kier alpha value is -1.10. The monoisotopic (exact) mass is 211 g/mol. The lowest BCUT2D eigenvalue weighted by Crippen LogP contribution is -2.44. The number of nitrogens with zero attached hydrogens (tertiary/aromatic N) is 2. The second-order valence-corrected chi connectivity index (χ2v) is 9.89. The lowest BCUT2D eigenvalue weighted by molar-refractivity contribution is -0.305. The third kappa shape index (κ3) is 2.23. The molecule has 1 atom stereocenters. The molecule has 1 heterocycles. The third-order valence-corrected chi connectivity index (χ3v) is 4.39. The fraction of sp³-hybridized carbons (Fsp3) is 0.556. The number of aromatic nitrogens is 2. The van der Waals surface area contributed by atoms with Crippen LogP contribution in [0.3, 0.4) is 0 Å². The SMILES string of the molecule is Cn1cnc(C(C(=O)[O-])[Si](C)(C)C)c1. The molecule has 0 saturated heterocycles. The van der Waals surface area contributed by atoms with Gasteiger partial charge in [-0.2, -0.15) is 0 Å². The Balaban J connectivity index is 3.07. The first-order valence-corrected chi connectivity index (χ1v) is 8.09. The Morgan fingerprint density at radius 2 is 2.14 bits per heavy atom. The van der Waals surface area contributed by atoms with Crippen molar-refractivity contribution in [2.24, 2.45) is 7.05 Å². The first-order valence-electron chi connectivity index (χ1n) is 4.51. The van der Waals surface area contributed by atoms with Crippen LogP contribution >= 0.6 is 0 Å². The molecule has 0 aliphatic carbocycles. The molecule has 0 spiro atoms. The van der Waals surface area contributed by atoms with Crippen LogP contribution in [0, 0.1) is 0 Å². The fourth-order valence-corrected chi connectivity index (χ4v) is 3.24. The van der Waals surface area contributed by atoms with Crippen molar-refractivity contribution in [1.29, 1.82) is 0 Å². The third-order valence-electron chi connectivity index (χ3n) is 2.12. The van der Waals surface area contributed by atoms with E-state index in [-0.39, 0.29) is 0 Å². The zero-order valence-corrected chi connectivity index (χ0v) is 9.94. The predicted octanol–water partition coefficient (Wildman–Crippen LogP) is 0.131. The molecule has 0 radical (unpaired) electrons. The average Bonchev–Trinajstić information content (AvgIpc) is 2.31. The predicted molar refractivity (Wildman–Crippen MR) is 54.3 cm³/mol. The van der Waals surface area contributed by atoms with Crippen molar-refractivity contribution in [3.63, 3.8) is 0 Å². The number of hydrogen-bond donors (Lipinski definition) is 0. The summed E-state index contributed by atoms with van der Waals surface area (Å²) in [6.07, 6.45) is 3.37. The fourth-order valence-electron chi connectivity index (χ4n) is 1.50. The highest BCUT2D eigenvalue weighted by Crippen LogP contribution is 2.24. The summed E-state index contributed by atoms with van der Waals surface area (Å²) in [7, 11) is 0.0114. The highest BCUT2D eigenvalue weighted by molar-refractivity contribution is 6.80. The Morgan fingerprint density at radius 1 is 1.57 bits per heavy atom. The van der Waals surface area contributed by atoms with Gasteiger partial charge in [-0.3, -0.25) is 0 Å². The van der Waals surface area contributed by atoms with Gasteiger partial charge in [-0.1, -0.05) is 19.6 Å². The molecular weight excluding hydrogens is 196 g/mol. The quantitative estimate of drug-likeness (QED) is 0.668. The van der Waals surface area contributed by atoms with Crippen molar-refractivity contribution in [2.75, 3.05) is 0 Å². The van der Waals surface area contributed by atoms with Crippen molar-refractivity contribution in [3.8, 4) is 0 Å². The molecule has 0 aliphatic heterocycles. The first kappa shape index (κ1) is 11.0. The van der Waals surface area contributed by atoms with E-state index in [9.17, 15) is 9.90 Å². The standard InChI is InChI=1S/C9H16N2O2Si/c1-11-5-7(10-6-11)8(9(12)13)14(2,3)4/h5-6,8H,1-4H3,(H,12,13)/p-1. The van der Waals surface area contributed by atoms with Crippen LogP contribution in [0.15, 0.2) is 12.5 Å². The van der Waals surface area contributed by atoms with E-state index in [1.54, 1.807) is 17.1 Å². The summed E-state index contributed by atoms with van der Waals surface area (Å²) < 4.78 is 1.76. The number of imidazole rings is 1. The number of carbonyl (C=O) groups excluding carboxylic acids is 1. The van der Waals surface area contributed by atoms with Crippen molar-refractivity contribution in [1.82, 2.24) is 9.55 Å². The van der Waals surface area contributed by atoms with Gasteiger partial charge in [0.25, 0.3) is 0 Å². The van der Waals surface area contributed by atoms with Crippen LogP contribution < -0.4 is 5.11 Å². The van der Waals surface area contributed by atoms with Crippen LogP contribution in [-0.4, -0.2) is 23.6 Å². The van der Waals surface area contributed by atoms with E-state index in [0.29, 0.717) is 5.69 Å². The molecular formula is C9H15N2O2Si-. The second kappa shape index (κ2) is 3.57. The Kier molecular flexibility index (Phi) is 2.80. The van der Waals surface area contributed by atoms with Crippen molar-refractivity contribution >= 4 is 14.0 Å². The molecule has 0 aromatic carbocycles. The van der Waals surface area contributed by atoms with E-state index < -0.39 is 19.6 Å². The van der Waals surface area contributed by atoms with Gasteiger partial charge in [0, 0.05) is 24.8 Å². The largest absolute Gasteiger partial charge is 0.550 e. The molecule has 78 valence electrons. The molecule has 0 saturated carbocycles. The van der Waals surface area contributed by atoms with E-state index in [2.05, 4.69) is 4.98 Å². The van der Waals surface area contributed by atoms with Crippen LogP contribution in [0.4, 0.5) is 0 Å². The number of aliphatic carboxylic acids is 1. The van der Waals surface area contributed by atoms with Crippen LogP contribution in [0.2, 0.25) is 19.6 Å². The number of carbonyl (C=O) groups is 1. The van der Waals surface area contributed by atoms with Crippen LogP contribution in [0.25, 0.3) is 0 Å². The van der Waals surface area contributed by atoms with Gasteiger partial charge in [0.15, 0.2) is 0 Å². The molecule has 0 N–H and O–H groups in total. The van der Waals surface area contributed by atoms with Gasteiger partial charge >= 0.3 is 0 Å². The summed E-state index contributed by atoms with van der Waals surface area (Å²) in [5, 5.41) is 11.0. The van der Waals surface area contributed by atoms with Gasteiger partial charge in [-0.25, -0.2) is 4.98 Å². The Labute approximate surface area is 84.6 Å². The maximum absolute atomic E-state index is 11.0. The summed E-state index contributed by atoms with van der Waals surface area (Å²) in [5.41, 5.74) is 0.0929. The van der Waals surface area contributed by atoms with Gasteiger partial charge in [0.05, 0.1) is 20.1 Å². The Morgan fingerprint density at radius 3 is 2.43 bits per heavy atom. The Bertz CT molecular complexity index is 341. The van der Waals surface area contributed by atoms with E-state index in [4.69, 9.17) is 0 Å². The first-order chi connectivity index (χ1) is 6.32. The number of rotatable bonds is 3. The van der Waals surface area contributed by atoms with E-state index in [1.165, 1.54) is 0 Å². The van der Waals surface area contributed by atoms with Crippen molar-refractivity contribution < 1.29 is 9.90 Å². The van der Waals surface area contributed by atoms with E-state index in [1.807, 2.05) is 26.7 Å². The minimum absolute atomic E-state index is 0.524. The average molecular weight is 211 g/mol. The lowest BCUT2D eigenvalue weighted by Gasteiger charge is -2.28. The van der Waals surface area contributed by atoms with Crippen molar-refractivity contribution in [2.45, 2.75) is 25.2 Å². The molecule has 0 bridgehead atoms. The van der Waals surface area contributed by atoms with E-state index >= 15 is 0 Å². The number of hydrogen-bond acceptors (Lipinski definition) is 3. The van der Waals surface area contributed by atoms with Crippen LogP contribution in [0.5, 0.6) is 0 Å². The maximum atomic E-state index is 11.0. The topological polar surface area (TPSA) is 58.0 Å². The van der Waals surface area contributed by atoms with E-state index in [0.717, 1.165) is 0 Å². The normalized spacial score (nSPS) is 14.0. The summed E-state index contributed by atoms with van der Waals surface area (Å²) in [6.45, 7) is 6.01. The minimum atomic E-state index is -1.82. The summed E-state index contributed by atoms with van der Waals surface area (Å²) in [4.78, 5) is 15.1. The maximum Gasteiger partial charge on any atom is 0.0946 e. The van der Waals surface area contributed by atoms with Crippen molar-refractivity contribution in [3.05, 3.63) is 18.2 Å². The molecule has 14 heavy (non-hydrogen) atoms. The van der Waals surface area contributed by atoms with Crippen LogP contribution in [-0.2, 0) is 11.8 Å². The highest BCUT2D eigenvalue weighted by Gasteiger charge is 2.30. The van der Waals surface area contributed by atoms with Gasteiger partial charge in [-0.15, -0.1) is 0 Å². The molecule has 1 unspecified atom stereocenters. The number of carboxylic acids is 1. The summed E-state index contributed by atoms with van der Waals surface area (Å²) in [6, 6.07) is 0. The molecule has 0 aliphatic rings.